The van der Waals surface area contributed by atoms with Crippen LogP contribution in [0.5, 0.6) is 0 Å². The summed E-state index contributed by atoms with van der Waals surface area (Å²) >= 11 is 0. The van der Waals surface area contributed by atoms with E-state index >= 15 is 0 Å². The number of rotatable bonds is 4. The van der Waals surface area contributed by atoms with Crippen LogP contribution in [0.4, 0.5) is 18.0 Å². The van der Waals surface area contributed by atoms with Gasteiger partial charge in [0, 0.05) is 5.69 Å². The fourth-order valence-corrected chi connectivity index (χ4v) is 3.86. The minimum absolute atomic E-state index is 0.00336. The first-order valence-electron chi connectivity index (χ1n) is 9.93. The normalized spacial score (nSPS) is 18.9. The molecule has 1 N–H and O–H groups in total. The average molecular weight is 442 g/mol. The maximum absolute atomic E-state index is 13.1. The molecule has 0 bridgehead atoms. The Kier molecular flexibility index (Phi) is 5.07. The van der Waals surface area contributed by atoms with Crippen LogP contribution in [0.3, 0.4) is 0 Å². The number of halogens is 3. The largest absolute Gasteiger partial charge is 0.416 e. The van der Waals surface area contributed by atoms with Gasteiger partial charge in [-0.3, -0.25) is 9.69 Å². The zero-order chi connectivity index (χ0) is 23.3. The molecule has 1 aromatic heterocycles. The van der Waals surface area contributed by atoms with Gasteiger partial charge >= 0.3 is 12.2 Å². The maximum atomic E-state index is 13.1. The van der Waals surface area contributed by atoms with Crippen LogP contribution >= 0.6 is 0 Å². The number of imide groups is 1. The molecule has 166 valence electrons. The molecule has 32 heavy (non-hydrogen) atoms. The van der Waals surface area contributed by atoms with Crippen LogP contribution in [0, 0.1) is 13.8 Å². The van der Waals surface area contributed by atoms with E-state index < -0.39 is 29.2 Å². The Morgan fingerprint density at radius 2 is 1.72 bits per heavy atom. The number of aryl methyl sites for hydroxylation is 2. The fraction of sp³-hybridized carbons (Fsp3) is 0.261. The summed E-state index contributed by atoms with van der Waals surface area (Å²) in [6, 6.07) is 13.0. The summed E-state index contributed by atoms with van der Waals surface area (Å²) in [5, 5.41) is 6.97. The van der Waals surface area contributed by atoms with Crippen LogP contribution in [-0.4, -0.2) is 26.6 Å². The minimum Gasteiger partial charge on any atom is -0.319 e. The summed E-state index contributed by atoms with van der Waals surface area (Å²) in [5.41, 5.74) is 1.02. The predicted octanol–water partition coefficient (Wildman–Crippen LogP) is 4.48. The lowest BCUT2D eigenvalue weighted by atomic mass is 9.90. The molecule has 0 radical (unpaired) electrons. The fourth-order valence-electron chi connectivity index (χ4n) is 3.86. The Morgan fingerprint density at radius 3 is 2.31 bits per heavy atom. The smallest absolute Gasteiger partial charge is 0.319 e. The lowest BCUT2D eigenvalue weighted by Crippen LogP contribution is -2.41. The van der Waals surface area contributed by atoms with Crippen molar-refractivity contribution in [3.05, 3.63) is 82.7 Å². The Bertz CT molecular complexity index is 1200. The minimum atomic E-state index is -4.55. The number of urea groups is 1. The average Bonchev–Trinajstić information content (AvgIpc) is 3.19. The number of hydrogen-bond acceptors (Lipinski definition) is 3. The van der Waals surface area contributed by atoms with Crippen molar-refractivity contribution in [1.29, 1.82) is 0 Å². The summed E-state index contributed by atoms with van der Waals surface area (Å²) in [5.74, 6) is -0.607. The van der Waals surface area contributed by atoms with Crippen LogP contribution in [0.25, 0.3) is 5.69 Å². The Hall–Kier alpha value is -3.62. The molecular weight excluding hydrogens is 421 g/mol. The molecule has 3 amide bonds. The lowest BCUT2D eigenvalue weighted by molar-refractivity contribution is -0.138. The zero-order valence-corrected chi connectivity index (χ0v) is 17.7. The van der Waals surface area contributed by atoms with Crippen molar-refractivity contribution in [2.24, 2.45) is 0 Å². The Balaban J connectivity index is 1.57. The highest BCUT2D eigenvalue weighted by atomic mass is 19.4. The second kappa shape index (κ2) is 7.51. The van der Waals surface area contributed by atoms with Gasteiger partial charge in [-0.2, -0.15) is 18.3 Å². The first-order chi connectivity index (χ1) is 15.0. The van der Waals surface area contributed by atoms with Gasteiger partial charge in [-0.1, -0.05) is 24.3 Å². The number of nitrogens with one attached hydrogen (secondary N) is 1. The number of alkyl halides is 3. The van der Waals surface area contributed by atoms with E-state index in [9.17, 15) is 22.8 Å². The third kappa shape index (κ3) is 3.74. The Morgan fingerprint density at radius 1 is 1.03 bits per heavy atom. The van der Waals surface area contributed by atoms with Crippen molar-refractivity contribution in [3.63, 3.8) is 0 Å². The number of carbonyl (C=O) groups excluding carboxylic acids is 2. The number of hydrogen-bond donors (Lipinski definition) is 1. The molecule has 1 saturated heterocycles. The second-order valence-electron chi connectivity index (χ2n) is 8.03. The second-order valence-corrected chi connectivity index (χ2v) is 8.03. The van der Waals surface area contributed by atoms with Gasteiger partial charge < -0.3 is 5.32 Å². The van der Waals surface area contributed by atoms with Crippen LogP contribution in [0.2, 0.25) is 0 Å². The number of benzene rings is 2. The molecule has 0 saturated carbocycles. The highest BCUT2D eigenvalue weighted by molar-refractivity contribution is 6.07. The number of amides is 3. The summed E-state index contributed by atoms with van der Waals surface area (Å²) in [7, 11) is 0. The third-order valence-corrected chi connectivity index (χ3v) is 5.57. The first-order valence-corrected chi connectivity index (χ1v) is 9.93. The van der Waals surface area contributed by atoms with Crippen molar-refractivity contribution in [1.82, 2.24) is 20.0 Å². The first kappa shape index (κ1) is 21.6. The topological polar surface area (TPSA) is 67.2 Å². The van der Waals surface area contributed by atoms with Gasteiger partial charge in [0.1, 0.15) is 5.54 Å². The van der Waals surface area contributed by atoms with Gasteiger partial charge in [0.15, 0.2) is 0 Å². The van der Waals surface area contributed by atoms with E-state index in [1.54, 1.807) is 16.8 Å². The van der Waals surface area contributed by atoms with Crippen LogP contribution in [0.15, 0.2) is 54.6 Å². The quantitative estimate of drug-likeness (QED) is 0.606. The third-order valence-electron chi connectivity index (χ3n) is 5.57. The standard InChI is InChI=1S/C23H21F3N4O2/c1-14-11-15(2)30(28-14)19-9-7-16(8-10-19)13-29-20(31)22(3,27-21(29)32)17-5-4-6-18(12-17)23(24,25)26/h4-12H,13H2,1-3H3,(H,27,32). The van der Waals surface area contributed by atoms with E-state index in [1.807, 2.05) is 32.0 Å². The Labute approximate surface area is 182 Å². The predicted molar refractivity (Wildman–Crippen MR) is 111 cm³/mol. The molecule has 1 atom stereocenters. The molecule has 2 heterocycles. The molecule has 1 aliphatic rings. The number of aromatic nitrogens is 2. The van der Waals surface area contributed by atoms with Crippen molar-refractivity contribution in [2.75, 3.05) is 0 Å². The van der Waals surface area contributed by atoms with Crippen LogP contribution < -0.4 is 5.32 Å². The molecule has 3 aromatic rings. The summed E-state index contributed by atoms with van der Waals surface area (Å²) in [6.07, 6.45) is -4.55. The summed E-state index contributed by atoms with van der Waals surface area (Å²) in [4.78, 5) is 26.7. The highest BCUT2D eigenvalue weighted by Crippen LogP contribution is 2.35. The van der Waals surface area contributed by atoms with E-state index in [0.29, 0.717) is 5.56 Å². The molecule has 6 nitrogen and oxygen atoms in total. The van der Waals surface area contributed by atoms with Crippen molar-refractivity contribution in [3.8, 4) is 5.69 Å². The van der Waals surface area contributed by atoms with Gasteiger partial charge in [-0.15, -0.1) is 0 Å². The van der Waals surface area contributed by atoms with E-state index in [0.717, 1.165) is 34.1 Å². The van der Waals surface area contributed by atoms with Crippen molar-refractivity contribution >= 4 is 11.9 Å². The highest BCUT2D eigenvalue weighted by Gasteiger charge is 2.49. The monoisotopic (exact) mass is 442 g/mol. The van der Waals surface area contributed by atoms with E-state index in [1.165, 1.54) is 19.1 Å². The molecule has 1 aliphatic heterocycles. The van der Waals surface area contributed by atoms with Gasteiger partial charge in [-0.05, 0) is 62.2 Å². The molecule has 0 aliphatic carbocycles. The maximum Gasteiger partial charge on any atom is 0.416 e. The number of nitrogens with zero attached hydrogens (tertiary/aromatic N) is 3. The molecule has 9 heteroatoms. The summed E-state index contributed by atoms with van der Waals surface area (Å²) < 4.78 is 41.1. The van der Waals surface area contributed by atoms with E-state index in [-0.39, 0.29) is 12.1 Å². The molecule has 1 fully saturated rings. The summed E-state index contributed by atoms with van der Waals surface area (Å²) in [6.45, 7) is 5.25. The van der Waals surface area contributed by atoms with Gasteiger partial charge in [0.05, 0.1) is 23.5 Å². The van der Waals surface area contributed by atoms with Crippen LogP contribution in [-0.2, 0) is 23.1 Å². The van der Waals surface area contributed by atoms with Crippen molar-refractivity contribution < 1.29 is 22.8 Å². The molecule has 2 aromatic carbocycles. The van der Waals surface area contributed by atoms with Crippen LogP contribution in [0.1, 0.15) is 35.0 Å². The zero-order valence-electron chi connectivity index (χ0n) is 17.7. The van der Waals surface area contributed by atoms with E-state index in [2.05, 4.69) is 10.4 Å². The van der Waals surface area contributed by atoms with Crippen molar-refractivity contribution in [2.45, 2.75) is 39.0 Å². The lowest BCUT2D eigenvalue weighted by Gasteiger charge is -2.23. The van der Waals surface area contributed by atoms with Gasteiger partial charge in [-0.25, -0.2) is 9.48 Å². The van der Waals surface area contributed by atoms with Gasteiger partial charge in [0.2, 0.25) is 0 Å². The van der Waals surface area contributed by atoms with Gasteiger partial charge in [0.25, 0.3) is 5.91 Å². The SMILES string of the molecule is Cc1cc(C)n(-c2ccc(CN3C(=O)NC(C)(c4cccc(C(F)(F)F)c4)C3=O)cc2)n1. The van der Waals surface area contributed by atoms with E-state index in [4.69, 9.17) is 0 Å². The molecule has 1 unspecified atom stereocenters. The number of carbonyl (C=O) groups is 2. The molecule has 0 spiro atoms. The molecule has 4 rings (SSSR count). The molecular formula is C23H21F3N4O2.